The van der Waals surface area contributed by atoms with Crippen molar-refractivity contribution in [2.45, 2.75) is 45.6 Å². The van der Waals surface area contributed by atoms with E-state index in [9.17, 15) is 36.2 Å². The van der Waals surface area contributed by atoms with Gasteiger partial charge in [0.2, 0.25) is 0 Å². The van der Waals surface area contributed by atoms with Crippen LogP contribution >= 0.6 is 11.8 Å². The molecule has 0 aromatic heterocycles. The predicted octanol–water partition coefficient (Wildman–Crippen LogP) is 5.69. The lowest BCUT2D eigenvalue weighted by Gasteiger charge is -2.31. The number of rotatable bonds is 6. The number of alkyl halides is 6. The topological polar surface area (TPSA) is 64.9 Å². The molecule has 194 valence electrons. The molecule has 2 heterocycles. The van der Waals surface area contributed by atoms with Gasteiger partial charge in [0.15, 0.2) is 0 Å². The van der Waals surface area contributed by atoms with E-state index in [0.29, 0.717) is 49.3 Å². The first-order chi connectivity index (χ1) is 16.2. The summed E-state index contributed by atoms with van der Waals surface area (Å²) in [5.74, 6) is 0.524. The van der Waals surface area contributed by atoms with Crippen LogP contribution in [-0.2, 0) is 18.9 Å². The van der Waals surface area contributed by atoms with E-state index in [-0.39, 0.29) is 35.9 Å². The molecule has 2 N–H and O–H groups in total. The SMILES string of the molecule is CC(C)(CO)CNC1=NC(=O)S/C1=C\C1CCN(Cc2ccc(C(F)(F)F)cc2C(F)(F)F)CC1. The van der Waals surface area contributed by atoms with Crippen molar-refractivity contribution in [3.05, 3.63) is 45.9 Å². The second kappa shape index (κ2) is 10.5. The molecule has 1 saturated heterocycles. The number of hydrogen-bond acceptors (Lipinski definition) is 5. The summed E-state index contributed by atoms with van der Waals surface area (Å²) in [5, 5.41) is 12.2. The van der Waals surface area contributed by atoms with Crippen molar-refractivity contribution in [2.24, 2.45) is 16.3 Å². The summed E-state index contributed by atoms with van der Waals surface area (Å²) in [7, 11) is 0. The summed E-state index contributed by atoms with van der Waals surface area (Å²) >= 11 is 1.000. The van der Waals surface area contributed by atoms with Crippen molar-refractivity contribution in [3.8, 4) is 0 Å². The van der Waals surface area contributed by atoms with Gasteiger partial charge in [0.05, 0.1) is 16.0 Å². The first kappa shape index (κ1) is 27.5. The van der Waals surface area contributed by atoms with E-state index in [4.69, 9.17) is 0 Å². The quantitative estimate of drug-likeness (QED) is 0.469. The summed E-state index contributed by atoms with van der Waals surface area (Å²) in [6.07, 6.45) is -6.57. The Labute approximate surface area is 203 Å². The van der Waals surface area contributed by atoms with Crippen molar-refractivity contribution in [2.75, 3.05) is 26.2 Å². The van der Waals surface area contributed by atoms with E-state index in [1.807, 2.05) is 19.9 Å². The summed E-state index contributed by atoms with van der Waals surface area (Å²) in [6, 6.07) is 1.76. The highest BCUT2D eigenvalue weighted by molar-refractivity contribution is 8.18. The molecule has 2 aliphatic rings. The Kier molecular flexibility index (Phi) is 8.27. The minimum Gasteiger partial charge on any atom is -0.396 e. The lowest BCUT2D eigenvalue weighted by molar-refractivity contribution is -0.143. The maximum atomic E-state index is 13.4. The molecule has 35 heavy (non-hydrogen) atoms. The number of piperidine rings is 1. The number of thioether (sulfide) groups is 1. The number of amides is 1. The molecule has 0 radical (unpaired) electrons. The van der Waals surface area contributed by atoms with Gasteiger partial charge in [0, 0.05) is 25.1 Å². The van der Waals surface area contributed by atoms with E-state index in [1.165, 1.54) is 0 Å². The molecule has 5 nitrogen and oxygen atoms in total. The van der Waals surface area contributed by atoms with Crippen LogP contribution in [0.15, 0.2) is 34.2 Å². The summed E-state index contributed by atoms with van der Waals surface area (Å²) in [4.78, 5) is 18.3. The third-order valence-electron chi connectivity index (χ3n) is 5.95. The largest absolute Gasteiger partial charge is 0.416 e. The Balaban J connectivity index is 1.64. The third-order valence-corrected chi connectivity index (χ3v) is 6.77. The first-order valence-electron chi connectivity index (χ1n) is 11.0. The second-order valence-electron chi connectivity index (χ2n) is 9.52. The van der Waals surface area contributed by atoms with E-state index >= 15 is 0 Å². The molecule has 0 saturated carbocycles. The number of hydrogen-bond donors (Lipinski definition) is 2. The molecule has 3 rings (SSSR count). The maximum absolute atomic E-state index is 13.4. The average Bonchev–Trinajstić information content (AvgIpc) is 3.11. The molecular formula is C23H27F6N3O2S. The maximum Gasteiger partial charge on any atom is 0.416 e. The van der Waals surface area contributed by atoms with Crippen LogP contribution in [0.4, 0.5) is 31.1 Å². The number of amidine groups is 1. The van der Waals surface area contributed by atoms with Gasteiger partial charge < -0.3 is 10.4 Å². The Morgan fingerprint density at radius 1 is 1.14 bits per heavy atom. The number of carbonyl (C=O) groups excluding carboxylic acids is 1. The zero-order chi connectivity index (χ0) is 26.0. The Hall–Kier alpha value is -2.05. The van der Waals surface area contributed by atoms with Gasteiger partial charge in [-0.25, -0.2) is 0 Å². The van der Waals surface area contributed by atoms with Crippen LogP contribution in [-0.4, -0.2) is 47.3 Å². The number of aliphatic imine (C=N–C) groups is 1. The second-order valence-corrected chi connectivity index (χ2v) is 10.5. The van der Waals surface area contributed by atoms with Gasteiger partial charge in [-0.05, 0) is 61.3 Å². The van der Waals surface area contributed by atoms with Crippen molar-refractivity contribution in [1.82, 2.24) is 10.2 Å². The number of nitrogens with zero attached hydrogens (tertiary/aromatic N) is 2. The number of halogens is 6. The molecule has 0 atom stereocenters. The lowest BCUT2D eigenvalue weighted by Crippen LogP contribution is -2.36. The minimum atomic E-state index is -4.89. The highest BCUT2D eigenvalue weighted by Crippen LogP contribution is 2.38. The van der Waals surface area contributed by atoms with Gasteiger partial charge in [-0.3, -0.25) is 9.69 Å². The molecule has 1 aromatic rings. The van der Waals surface area contributed by atoms with Gasteiger partial charge >= 0.3 is 17.6 Å². The molecule has 0 aliphatic carbocycles. The van der Waals surface area contributed by atoms with Gasteiger partial charge in [0.25, 0.3) is 0 Å². The van der Waals surface area contributed by atoms with E-state index in [1.54, 1.807) is 4.90 Å². The highest BCUT2D eigenvalue weighted by Gasteiger charge is 2.38. The van der Waals surface area contributed by atoms with Crippen molar-refractivity contribution in [1.29, 1.82) is 0 Å². The standard InChI is InChI=1S/C23H27F6N3O2S/c1-21(2,13-33)12-30-19-18(35-20(34)31-19)9-14-5-7-32(8-6-14)11-15-3-4-16(22(24,25)26)10-17(15)23(27,28)29/h3-4,9-10,14,33H,5-8,11-13H2,1-2H3,(H,30,31,34)/b18-9-. The smallest absolute Gasteiger partial charge is 0.396 e. The van der Waals surface area contributed by atoms with Gasteiger partial charge in [-0.1, -0.05) is 26.0 Å². The van der Waals surface area contributed by atoms with Crippen LogP contribution in [0, 0.1) is 11.3 Å². The number of carbonyl (C=O) groups is 1. The van der Waals surface area contributed by atoms with Crippen molar-refractivity contribution in [3.63, 3.8) is 0 Å². The van der Waals surface area contributed by atoms with Crippen LogP contribution in [0.2, 0.25) is 0 Å². The molecule has 1 amide bonds. The summed E-state index contributed by atoms with van der Waals surface area (Å²) in [6.45, 7) is 4.93. The molecular weight excluding hydrogens is 496 g/mol. The first-order valence-corrected chi connectivity index (χ1v) is 11.9. The van der Waals surface area contributed by atoms with E-state index in [2.05, 4.69) is 10.3 Å². The number of allylic oxidation sites excluding steroid dienone is 1. The monoisotopic (exact) mass is 523 g/mol. The molecule has 0 bridgehead atoms. The lowest BCUT2D eigenvalue weighted by atomic mass is 9.94. The molecule has 2 aliphatic heterocycles. The summed E-state index contributed by atoms with van der Waals surface area (Å²) < 4.78 is 79.0. The molecule has 1 fully saturated rings. The fourth-order valence-corrected chi connectivity index (χ4v) is 4.62. The minimum absolute atomic E-state index is 0.0408. The number of likely N-dealkylation sites (tertiary alicyclic amines) is 1. The Morgan fingerprint density at radius 3 is 2.37 bits per heavy atom. The fraction of sp³-hybridized carbons (Fsp3) is 0.565. The Bertz CT molecular complexity index is 996. The zero-order valence-electron chi connectivity index (χ0n) is 19.3. The fourth-order valence-electron chi connectivity index (χ4n) is 3.82. The average molecular weight is 524 g/mol. The van der Waals surface area contributed by atoms with E-state index in [0.717, 1.165) is 17.8 Å². The molecule has 0 spiro atoms. The van der Waals surface area contributed by atoms with Gasteiger partial charge in [-0.15, -0.1) is 0 Å². The molecule has 0 unspecified atom stereocenters. The highest BCUT2D eigenvalue weighted by atomic mass is 32.2. The van der Waals surface area contributed by atoms with Crippen LogP contribution in [0.25, 0.3) is 0 Å². The van der Waals surface area contributed by atoms with Crippen LogP contribution in [0.3, 0.4) is 0 Å². The Morgan fingerprint density at radius 2 is 1.80 bits per heavy atom. The van der Waals surface area contributed by atoms with Crippen molar-refractivity contribution >= 4 is 22.8 Å². The number of aliphatic hydroxyl groups is 1. The van der Waals surface area contributed by atoms with Crippen molar-refractivity contribution < 1.29 is 36.2 Å². The van der Waals surface area contributed by atoms with Crippen LogP contribution in [0.5, 0.6) is 0 Å². The van der Waals surface area contributed by atoms with E-state index < -0.39 is 28.9 Å². The normalized spacial score (nSPS) is 20.0. The predicted molar refractivity (Wildman–Crippen MR) is 122 cm³/mol. The molecule has 1 aromatic carbocycles. The number of aliphatic hydroxyl groups excluding tert-OH is 1. The number of benzene rings is 1. The molecule has 12 heteroatoms. The third kappa shape index (κ3) is 7.47. The van der Waals surface area contributed by atoms with Crippen LogP contribution in [0.1, 0.15) is 43.4 Å². The zero-order valence-corrected chi connectivity index (χ0v) is 20.1. The number of nitrogens with one attached hydrogen (secondary N) is 1. The van der Waals surface area contributed by atoms with Gasteiger partial charge in [0.1, 0.15) is 5.84 Å². The van der Waals surface area contributed by atoms with Gasteiger partial charge in [-0.2, -0.15) is 31.3 Å². The summed E-state index contributed by atoms with van der Waals surface area (Å²) in [5.41, 5.74) is -3.18. The van der Waals surface area contributed by atoms with Crippen LogP contribution < -0.4 is 5.32 Å².